The molecule has 1 aliphatic rings. The first-order valence-electron chi connectivity index (χ1n) is 8.57. The smallest absolute Gasteiger partial charge is 0.177 e. The topological polar surface area (TPSA) is 60.9 Å². The van der Waals surface area contributed by atoms with E-state index >= 15 is 0 Å². The maximum absolute atomic E-state index is 14.9. The summed E-state index contributed by atoms with van der Waals surface area (Å²) in [5.41, 5.74) is 5.06. The molecule has 0 saturated carbocycles. The van der Waals surface area contributed by atoms with Crippen molar-refractivity contribution in [3.05, 3.63) is 65.1 Å². The molecule has 0 spiro atoms. The quantitative estimate of drug-likeness (QED) is 0.502. The minimum absolute atomic E-state index is 0.0959. The number of alkyl halides is 1. The van der Waals surface area contributed by atoms with Crippen LogP contribution in [0.25, 0.3) is 17.0 Å². The van der Waals surface area contributed by atoms with Crippen molar-refractivity contribution < 1.29 is 4.39 Å². The number of aryl methyl sites for hydroxylation is 2. The Kier molecular flexibility index (Phi) is 3.19. The van der Waals surface area contributed by atoms with E-state index in [1.807, 2.05) is 36.6 Å². The summed E-state index contributed by atoms with van der Waals surface area (Å²) in [6.45, 7) is 4.52. The molecule has 1 atom stereocenters. The summed E-state index contributed by atoms with van der Waals surface area (Å²) in [7, 11) is 0. The molecule has 1 aromatic carbocycles. The SMILES string of the molecule is Cc1ncc(C)n2nc(CC(F)c3cn4c(n3)-c3ccccc3C4)nc12. The summed E-state index contributed by atoms with van der Waals surface area (Å²) in [6, 6.07) is 8.10. The molecule has 4 heterocycles. The Morgan fingerprint density at radius 2 is 2.04 bits per heavy atom. The van der Waals surface area contributed by atoms with Gasteiger partial charge in [-0.3, -0.25) is 4.98 Å². The van der Waals surface area contributed by atoms with Gasteiger partial charge < -0.3 is 4.57 Å². The highest BCUT2D eigenvalue weighted by Gasteiger charge is 2.25. The van der Waals surface area contributed by atoms with Gasteiger partial charge in [0.25, 0.3) is 0 Å². The van der Waals surface area contributed by atoms with Crippen molar-refractivity contribution in [1.82, 2.24) is 29.1 Å². The molecule has 1 unspecified atom stereocenters. The highest BCUT2D eigenvalue weighted by Crippen LogP contribution is 2.33. The number of benzene rings is 1. The number of imidazole rings is 1. The fraction of sp³-hybridized carbons (Fsp3) is 0.263. The van der Waals surface area contributed by atoms with E-state index in [-0.39, 0.29) is 6.42 Å². The third kappa shape index (κ3) is 2.23. The van der Waals surface area contributed by atoms with E-state index in [9.17, 15) is 4.39 Å². The number of aromatic nitrogens is 6. The van der Waals surface area contributed by atoms with Crippen LogP contribution in [0.4, 0.5) is 4.39 Å². The van der Waals surface area contributed by atoms with Crippen LogP contribution < -0.4 is 0 Å². The Bertz CT molecular complexity index is 1100. The van der Waals surface area contributed by atoms with Gasteiger partial charge >= 0.3 is 0 Å². The van der Waals surface area contributed by atoms with Crippen molar-refractivity contribution >= 4 is 5.65 Å². The summed E-state index contributed by atoms with van der Waals surface area (Å²) in [5.74, 6) is 1.29. The van der Waals surface area contributed by atoms with E-state index in [1.165, 1.54) is 5.56 Å². The van der Waals surface area contributed by atoms with E-state index in [2.05, 4.69) is 26.1 Å². The van der Waals surface area contributed by atoms with Crippen LogP contribution in [0, 0.1) is 13.8 Å². The van der Waals surface area contributed by atoms with Gasteiger partial charge in [-0.1, -0.05) is 24.3 Å². The van der Waals surface area contributed by atoms with E-state index in [4.69, 9.17) is 0 Å². The summed E-state index contributed by atoms with van der Waals surface area (Å²) >= 11 is 0. The third-order valence-electron chi connectivity index (χ3n) is 4.83. The summed E-state index contributed by atoms with van der Waals surface area (Å²) in [4.78, 5) is 13.3. The zero-order chi connectivity index (χ0) is 17.8. The van der Waals surface area contributed by atoms with E-state index in [0.717, 1.165) is 29.3 Å². The van der Waals surface area contributed by atoms with E-state index in [1.54, 1.807) is 16.9 Å². The van der Waals surface area contributed by atoms with E-state index < -0.39 is 6.17 Å². The van der Waals surface area contributed by atoms with Crippen LogP contribution in [-0.4, -0.2) is 29.1 Å². The molecular weight excluding hydrogens is 331 g/mol. The number of rotatable bonds is 3. The molecule has 130 valence electrons. The van der Waals surface area contributed by atoms with Gasteiger partial charge in [0, 0.05) is 30.9 Å². The van der Waals surface area contributed by atoms with Crippen LogP contribution >= 0.6 is 0 Å². The molecule has 0 bridgehead atoms. The predicted octanol–water partition coefficient (Wildman–Crippen LogP) is 3.22. The molecule has 0 N–H and O–H groups in total. The van der Waals surface area contributed by atoms with Crippen LogP contribution in [-0.2, 0) is 13.0 Å². The maximum Gasteiger partial charge on any atom is 0.177 e. The highest BCUT2D eigenvalue weighted by molar-refractivity contribution is 5.65. The fourth-order valence-corrected chi connectivity index (χ4v) is 3.47. The van der Waals surface area contributed by atoms with Gasteiger partial charge in [0.2, 0.25) is 0 Å². The lowest BCUT2D eigenvalue weighted by molar-refractivity contribution is 0.330. The summed E-state index contributed by atoms with van der Waals surface area (Å²) in [5, 5.41) is 4.43. The molecule has 0 amide bonds. The Balaban J connectivity index is 1.45. The van der Waals surface area contributed by atoms with Gasteiger partial charge in [0.05, 0.1) is 17.1 Å². The Morgan fingerprint density at radius 1 is 1.19 bits per heavy atom. The average molecular weight is 348 g/mol. The standard InChI is InChI=1S/C19H17FN6/c1-11-8-21-12(2)18-23-17(24-26(11)18)7-15(20)16-10-25-9-13-5-3-4-6-14(13)19(25)22-16/h3-6,8,10,15H,7,9H2,1-2H3. The first-order valence-corrected chi connectivity index (χ1v) is 8.57. The Hall–Kier alpha value is -3.09. The van der Waals surface area contributed by atoms with Crippen molar-refractivity contribution in [1.29, 1.82) is 0 Å². The Morgan fingerprint density at radius 3 is 2.88 bits per heavy atom. The van der Waals surface area contributed by atoms with Gasteiger partial charge in [-0.15, -0.1) is 0 Å². The second-order valence-electron chi connectivity index (χ2n) is 6.69. The molecule has 7 heteroatoms. The van der Waals surface area contributed by atoms with Crippen molar-refractivity contribution in [2.24, 2.45) is 0 Å². The Labute approximate surface area is 149 Å². The maximum atomic E-state index is 14.9. The average Bonchev–Trinajstić information content (AvgIpc) is 3.30. The second-order valence-corrected chi connectivity index (χ2v) is 6.69. The minimum atomic E-state index is -1.24. The van der Waals surface area contributed by atoms with Crippen LogP contribution in [0.5, 0.6) is 0 Å². The molecule has 0 saturated heterocycles. The molecule has 1 aliphatic heterocycles. The zero-order valence-electron chi connectivity index (χ0n) is 14.5. The minimum Gasteiger partial charge on any atom is -0.326 e. The number of hydrogen-bond donors (Lipinski definition) is 0. The van der Waals surface area contributed by atoms with Gasteiger partial charge in [-0.05, 0) is 19.4 Å². The molecular formula is C19H17FN6. The molecule has 6 nitrogen and oxygen atoms in total. The molecule has 0 aliphatic carbocycles. The van der Waals surface area contributed by atoms with Gasteiger partial charge in [-0.2, -0.15) is 5.10 Å². The molecule has 5 rings (SSSR count). The zero-order valence-corrected chi connectivity index (χ0v) is 14.5. The first kappa shape index (κ1) is 15.2. The third-order valence-corrected chi connectivity index (χ3v) is 4.83. The lowest BCUT2D eigenvalue weighted by Crippen LogP contribution is -2.01. The number of fused-ring (bicyclic) bond motifs is 4. The normalized spacial score (nSPS) is 13.8. The van der Waals surface area contributed by atoms with Crippen molar-refractivity contribution in [2.45, 2.75) is 33.0 Å². The number of halogens is 1. The molecule has 3 aromatic heterocycles. The van der Waals surface area contributed by atoms with Crippen LogP contribution in [0.3, 0.4) is 0 Å². The van der Waals surface area contributed by atoms with Crippen molar-refractivity contribution in [3.8, 4) is 11.4 Å². The van der Waals surface area contributed by atoms with Crippen LogP contribution in [0.15, 0.2) is 36.7 Å². The number of hydrogen-bond acceptors (Lipinski definition) is 4. The summed E-state index contributed by atoms with van der Waals surface area (Å²) in [6.07, 6.45) is 2.39. The molecule has 26 heavy (non-hydrogen) atoms. The van der Waals surface area contributed by atoms with Gasteiger partial charge in [0.15, 0.2) is 17.6 Å². The van der Waals surface area contributed by atoms with Crippen molar-refractivity contribution in [2.75, 3.05) is 0 Å². The van der Waals surface area contributed by atoms with E-state index in [0.29, 0.717) is 17.2 Å². The first-order chi connectivity index (χ1) is 12.6. The lowest BCUT2D eigenvalue weighted by Gasteiger charge is -2.02. The molecule has 4 aromatic rings. The van der Waals surface area contributed by atoms with Crippen LogP contribution in [0.2, 0.25) is 0 Å². The fourth-order valence-electron chi connectivity index (χ4n) is 3.47. The summed E-state index contributed by atoms with van der Waals surface area (Å²) < 4.78 is 18.6. The van der Waals surface area contributed by atoms with Gasteiger partial charge in [0.1, 0.15) is 5.82 Å². The van der Waals surface area contributed by atoms with Gasteiger partial charge in [-0.25, -0.2) is 18.9 Å². The molecule has 0 radical (unpaired) electrons. The largest absolute Gasteiger partial charge is 0.326 e. The lowest BCUT2D eigenvalue weighted by atomic mass is 10.1. The van der Waals surface area contributed by atoms with Crippen LogP contribution in [0.1, 0.15) is 34.6 Å². The second kappa shape index (κ2) is 5.45. The molecule has 0 fully saturated rings. The predicted molar refractivity (Wildman–Crippen MR) is 94.6 cm³/mol. The number of nitrogens with zero attached hydrogens (tertiary/aromatic N) is 6. The highest BCUT2D eigenvalue weighted by atomic mass is 19.1. The van der Waals surface area contributed by atoms with Crippen molar-refractivity contribution in [3.63, 3.8) is 0 Å². The monoisotopic (exact) mass is 348 g/mol.